The highest BCUT2D eigenvalue weighted by molar-refractivity contribution is 7.80. The van der Waals surface area contributed by atoms with Gasteiger partial charge in [0.1, 0.15) is 17.3 Å². The Morgan fingerprint density at radius 2 is 1.33 bits per heavy atom. The predicted octanol–water partition coefficient (Wildman–Crippen LogP) is 5.19. The second-order valence-electron chi connectivity index (χ2n) is 5.93. The summed E-state index contributed by atoms with van der Waals surface area (Å²) in [5.41, 5.74) is 0.737. The third-order valence-corrected chi connectivity index (χ3v) is 3.56. The number of thiocarbonyl (C=S) groups is 1. The summed E-state index contributed by atoms with van der Waals surface area (Å²) in [4.78, 5) is 0. The normalized spacial score (nSPS) is 11.7. The van der Waals surface area contributed by atoms with E-state index >= 15 is 0 Å². The number of halogens is 7. The Morgan fingerprint density at radius 1 is 0.833 bits per heavy atom. The van der Waals surface area contributed by atoms with Crippen molar-refractivity contribution in [2.75, 3.05) is 18.5 Å². The van der Waals surface area contributed by atoms with Crippen molar-refractivity contribution in [3.63, 3.8) is 0 Å². The molecule has 2 N–H and O–H groups in total. The van der Waals surface area contributed by atoms with Gasteiger partial charge in [-0.25, -0.2) is 4.39 Å². The molecule has 0 saturated heterocycles. The molecule has 0 spiro atoms. The summed E-state index contributed by atoms with van der Waals surface area (Å²) < 4.78 is 96.3. The summed E-state index contributed by atoms with van der Waals surface area (Å²) in [6.45, 7) is -3.07. The highest BCUT2D eigenvalue weighted by atomic mass is 32.1. The van der Waals surface area contributed by atoms with Crippen LogP contribution in [-0.2, 0) is 6.54 Å². The molecule has 2 aromatic carbocycles. The lowest BCUT2D eigenvalue weighted by Crippen LogP contribution is -2.28. The van der Waals surface area contributed by atoms with E-state index in [0.29, 0.717) is 5.56 Å². The smallest absolute Gasteiger partial charge is 0.422 e. The third kappa shape index (κ3) is 9.16. The fourth-order valence-corrected chi connectivity index (χ4v) is 2.29. The molecule has 0 bridgehead atoms. The van der Waals surface area contributed by atoms with Crippen LogP contribution in [0.1, 0.15) is 5.56 Å². The standard InChI is InChI=1S/C18H15F7N2O2S/c19-12-3-1-11(2-4-12)8-26-16(30)27-13-5-14(28-9-17(20,21)22)7-15(6-13)29-10-18(23,24)25/h1-7H,8-10H2,(H2,26,27,30). The number of anilines is 1. The minimum Gasteiger partial charge on any atom is -0.484 e. The number of ether oxygens (including phenoxy) is 2. The Hall–Kier alpha value is -2.76. The predicted molar refractivity (Wildman–Crippen MR) is 99.0 cm³/mol. The molecule has 0 atom stereocenters. The number of hydrogen-bond acceptors (Lipinski definition) is 3. The Morgan fingerprint density at radius 3 is 1.80 bits per heavy atom. The van der Waals surface area contributed by atoms with Crippen LogP contribution in [0.15, 0.2) is 42.5 Å². The highest BCUT2D eigenvalue weighted by Gasteiger charge is 2.30. The third-order valence-electron chi connectivity index (χ3n) is 3.31. The van der Waals surface area contributed by atoms with Crippen molar-refractivity contribution >= 4 is 23.0 Å². The Kier molecular flexibility index (Phi) is 7.71. The van der Waals surface area contributed by atoms with Gasteiger partial charge in [0.15, 0.2) is 18.3 Å². The topological polar surface area (TPSA) is 42.5 Å². The first kappa shape index (κ1) is 23.5. The van der Waals surface area contributed by atoms with Gasteiger partial charge in [-0.1, -0.05) is 12.1 Å². The largest absolute Gasteiger partial charge is 0.484 e. The summed E-state index contributed by atoms with van der Waals surface area (Å²) in [5, 5.41) is 5.42. The molecule has 0 unspecified atom stereocenters. The Balaban J connectivity index is 2.07. The first-order chi connectivity index (χ1) is 13.9. The Bertz CT molecular complexity index is 819. The fourth-order valence-electron chi connectivity index (χ4n) is 2.10. The molecule has 164 valence electrons. The quantitative estimate of drug-likeness (QED) is 0.443. The lowest BCUT2D eigenvalue weighted by Gasteiger charge is -2.16. The van der Waals surface area contributed by atoms with Gasteiger partial charge in [0.05, 0.1) is 0 Å². The summed E-state index contributed by atoms with van der Waals surface area (Å²) in [5.74, 6) is -1.15. The molecule has 0 fully saturated rings. The minimum absolute atomic E-state index is 0.0223. The SMILES string of the molecule is Fc1ccc(CNC(=S)Nc2cc(OCC(F)(F)F)cc(OCC(F)(F)F)c2)cc1. The zero-order valence-electron chi connectivity index (χ0n) is 15.0. The Labute approximate surface area is 172 Å². The van der Waals surface area contributed by atoms with Gasteiger partial charge >= 0.3 is 12.4 Å². The van der Waals surface area contributed by atoms with Crippen LogP contribution in [0.3, 0.4) is 0 Å². The highest BCUT2D eigenvalue weighted by Crippen LogP contribution is 2.29. The lowest BCUT2D eigenvalue weighted by molar-refractivity contribution is -0.153. The van der Waals surface area contributed by atoms with Crippen molar-refractivity contribution in [1.29, 1.82) is 0 Å². The second kappa shape index (κ2) is 9.83. The molecular formula is C18H15F7N2O2S. The monoisotopic (exact) mass is 456 g/mol. The van der Waals surface area contributed by atoms with Crippen molar-refractivity contribution in [3.8, 4) is 11.5 Å². The number of alkyl halides is 6. The van der Waals surface area contributed by atoms with Crippen LogP contribution >= 0.6 is 12.2 Å². The minimum atomic E-state index is -4.64. The molecule has 4 nitrogen and oxygen atoms in total. The molecule has 2 aromatic rings. The maximum atomic E-state index is 12.9. The van der Waals surface area contributed by atoms with Gasteiger partial charge in [0.2, 0.25) is 0 Å². The molecule has 0 radical (unpaired) electrons. The molecule has 0 aromatic heterocycles. The zero-order valence-corrected chi connectivity index (χ0v) is 15.8. The van der Waals surface area contributed by atoms with E-state index in [2.05, 4.69) is 20.1 Å². The van der Waals surface area contributed by atoms with Crippen LogP contribution in [0, 0.1) is 5.82 Å². The van der Waals surface area contributed by atoms with E-state index < -0.39 is 31.4 Å². The van der Waals surface area contributed by atoms with Gasteiger partial charge in [-0.2, -0.15) is 26.3 Å². The molecule has 30 heavy (non-hydrogen) atoms. The molecule has 0 aliphatic rings. The first-order valence-electron chi connectivity index (χ1n) is 8.23. The van der Waals surface area contributed by atoms with Crippen LogP contribution in [0.5, 0.6) is 11.5 Å². The molecule has 0 heterocycles. The van der Waals surface area contributed by atoms with Crippen molar-refractivity contribution in [2.45, 2.75) is 18.9 Å². The van der Waals surface area contributed by atoms with Gasteiger partial charge in [-0.15, -0.1) is 0 Å². The number of rotatable bonds is 7. The number of hydrogen-bond donors (Lipinski definition) is 2. The summed E-state index contributed by atoms with van der Waals surface area (Å²) in [6, 6.07) is 8.67. The van der Waals surface area contributed by atoms with E-state index in [4.69, 9.17) is 12.2 Å². The molecule has 0 amide bonds. The zero-order chi connectivity index (χ0) is 22.4. The van der Waals surface area contributed by atoms with Crippen LogP contribution in [0.25, 0.3) is 0 Å². The summed E-state index contributed by atoms with van der Waals surface area (Å²) in [6.07, 6.45) is -9.27. The number of benzene rings is 2. The van der Waals surface area contributed by atoms with Crippen LogP contribution in [0.4, 0.5) is 36.4 Å². The van der Waals surface area contributed by atoms with Crippen molar-refractivity contribution in [2.24, 2.45) is 0 Å². The second-order valence-corrected chi connectivity index (χ2v) is 6.34. The van der Waals surface area contributed by atoms with Crippen molar-refractivity contribution in [3.05, 3.63) is 53.8 Å². The molecular weight excluding hydrogens is 441 g/mol. The average molecular weight is 456 g/mol. The fraction of sp³-hybridized carbons (Fsp3) is 0.278. The van der Waals surface area contributed by atoms with E-state index in [9.17, 15) is 30.7 Å². The molecule has 12 heteroatoms. The van der Waals surface area contributed by atoms with Gasteiger partial charge in [-0.3, -0.25) is 0 Å². The van der Waals surface area contributed by atoms with Crippen molar-refractivity contribution < 1.29 is 40.2 Å². The molecule has 2 rings (SSSR count). The van der Waals surface area contributed by atoms with Gasteiger partial charge < -0.3 is 20.1 Å². The van der Waals surface area contributed by atoms with Gasteiger partial charge in [0.25, 0.3) is 0 Å². The van der Waals surface area contributed by atoms with E-state index in [1.54, 1.807) is 0 Å². The molecule has 0 aliphatic carbocycles. The first-order valence-corrected chi connectivity index (χ1v) is 8.64. The molecule has 0 saturated carbocycles. The van der Waals surface area contributed by atoms with Gasteiger partial charge in [-0.05, 0) is 29.9 Å². The van der Waals surface area contributed by atoms with Crippen molar-refractivity contribution in [1.82, 2.24) is 5.32 Å². The van der Waals surface area contributed by atoms with E-state index in [0.717, 1.165) is 18.2 Å². The van der Waals surface area contributed by atoms with E-state index in [-0.39, 0.29) is 28.8 Å². The van der Waals surface area contributed by atoms with E-state index in [1.807, 2.05) is 0 Å². The number of nitrogens with one attached hydrogen (secondary N) is 2. The van der Waals surface area contributed by atoms with Crippen LogP contribution in [-0.4, -0.2) is 30.7 Å². The summed E-state index contributed by atoms with van der Waals surface area (Å²) >= 11 is 5.06. The maximum absolute atomic E-state index is 12.9. The summed E-state index contributed by atoms with van der Waals surface area (Å²) in [7, 11) is 0. The maximum Gasteiger partial charge on any atom is 0.422 e. The van der Waals surface area contributed by atoms with Crippen LogP contribution in [0.2, 0.25) is 0 Å². The van der Waals surface area contributed by atoms with Crippen LogP contribution < -0.4 is 20.1 Å². The van der Waals surface area contributed by atoms with Gasteiger partial charge in [0, 0.05) is 30.4 Å². The lowest BCUT2D eigenvalue weighted by atomic mass is 10.2. The molecule has 0 aliphatic heterocycles. The van der Waals surface area contributed by atoms with E-state index in [1.165, 1.54) is 24.3 Å². The average Bonchev–Trinajstić information content (AvgIpc) is 2.63.